The number of esters is 1. The molecule has 2 saturated heterocycles. The number of anilines is 2. The molecule has 2 aromatic carbocycles. The summed E-state index contributed by atoms with van der Waals surface area (Å²) in [5.41, 5.74) is -0.530. The highest BCUT2D eigenvalue weighted by Gasteiger charge is 2.46. The van der Waals surface area contributed by atoms with Gasteiger partial charge >= 0.3 is 12.0 Å². The minimum absolute atomic E-state index is 0.0814. The number of aromatic nitrogens is 4. The number of rotatable bonds is 7. The molecule has 6 rings (SSSR count). The van der Waals surface area contributed by atoms with Crippen LogP contribution in [-0.4, -0.2) is 74.3 Å². The van der Waals surface area contributed by atoms with Crippen LogP contribution in [0.1, 0.15) is 84.9 Å². The standard InChI is InChI=1S/C35H41F2N7O4/c1-20(2)31-40-29(41-48-31)21-12-14-42(15-13-21)30-27-24(36)10-9-23(28(27)38-19-39-30)22-8-11-26(25(37)18-22)43-16-17-44(33(43)46)35(6,7)32(45)47-34(3,4)5/h8-11,18-21H,12-17H2,1-7H3. The Morgan fingerprint density at radius 2 is 1.71 bits per heavy atom. The molecule has 0 aliphatic carbocycles. The number of ether oxygens (including phenoxy) is 1. The largest absolute Gasteiger partial charge is 0.458 e. The van der Waals surface area contributed by atoms with Gasteiger partial charge in [-0.1, -0.05) is 25.1 Å². The van der Waals surface area contributed by atoms with Gasteiger partial charge < -0.3 is 19.1 Å². The second-order valence-electron chi connectivity index (χ2n) is 14.2. The van der Waals surface area contributed by atoms with Crippen molar-refractivity contribution in [3.8, 4) is 11.1 Å². The van der Waals surface area contributed by atoms with Gasteiger partial charge in [0.05, 0.1) is 16.6 Å². The van der Waals surface area contributed by atoms with Gasteiger partial charge in [-0.25, -0.2) is 28.3 Å². The van der Waals surface area contributed by atoms with Crippen molar-refractivity contribution in [2.24, 2.45) is 0 Å². The topological polar surface area (TPSA) is 118 Å². The number of benzene rings is 2. The van der Waals surface area contributed by atoms with Crippen molar-refractivity contribution < 1.29 is 27.6 Å². The predicted octanol–water partition coefficient (Wildman–Crippen LogP) is 6.83. The molecule has 0 N–H and O–H groups in total. The number of carbonyl (C=O) groups is 2. The van der Waals surface area contributed by atoms with E-state index in [4.69, 9.17) is 9.26 Å². The predicted molar refractivity (Wildman–Crippen MR) is 177 cm³/mol. The third kappa shape index (κ3) is 6.17. The van der Waals surface area contributed by atoms with Crippen LogP contribution in [0.2, 0.25) is 0 Å². The molecule has 2 aliphatic heterocycles. The van der Waals surface area contributed by atoms with Crippen molar-refractivity contribution >= 4 is 34.4 Å². The molecule has 2 amide bonds. The lowest BCUT2D eigenvalue weighted by molar-refractivity contribution is -0.165. The van der Waals surface area contributed by atoms with Gasteiger partial charge in [-0.3, -0.25) is 4.90 Å². The third-order valence-electron chi connectivity index (χ3n) is 8.96. The molecule has 0 bridgehead atoms. The molecule has 0 radical (unpaired) electrons. The normalized spacial score (nSPS) is 16.5. The number of hydrogen-bond donors (Lipinski definition) is 0. The minimum Gasteiger partial charge on any atom is -0.458 e. The van der Waals surface area contributed by atoms with Crippen LogP contribution in [0, 0.1) is 11.6 Å². The molecule has 2 fully saturated rings. The van der Waals surface area contributed by atoms with Crippen LogP contribution in [0.3, 0.4) is 0 Å². The Morgan fingerprint density at radius 1 is 0.979 bits per heavy atom. The summed E-state index contributed by atoms with van der Waals surface area (Å²) >= 11 is 0. The van der Waals surface area contributed by atoms with Crippen LogP contribution < -0.4 is 9.80 Å². The SMILES string of the molecule is CC(C)c1nc(C2CCN(c3ncnc4c(-c5ccc(N6CCN(C(C)(C)C(=O)OC(C)(C)C)C6=O)c(F)c5)ccc(F)c34)CC2)no1. The Morgan fingerprint density at radius 3 is 2.35 bits per heavy atom. The van der Waals surface area contributed by atoms with Crippen LogP contribution in [0.15, 0.2) is 41.2 Å². The summed E-state index contributed by atoms with van der Waals surface area (Å²) in [4.78, 5) is 44.6. The molecule has 2 aromatic heterocycles. The zero-order valence-electron chi connectivity index (χ0n) is 28.4. The first-order valence-electron chi connectivity index (χ1n) is 16.3. The van der Waals surface area contributed by atoms with E-state index in [1.807, 2.05) is 18.7 Å². The molecule has 0 atom stereocenters. The van der Waals surface area contributed by atoms with Gasteiger partial charge in [0.1, 0.15) is 34.9 Å². The first kappa shape index (κ1) is 33.2. The Kier molecular flexibility index (Phi) is 8.59. The first-order valence-corrected chi connectivity index (χ1v) is 16.3. The number of fused-ring (bicyclic) bond motifs is 1. The summed E-state index contributed by atoms with van der Waals surface area (Å²) in [6.45, 7) is 14.2. The Bertz CT molecular complexity index is 1860. The molecule has 0 spiro atoms. The second-order valence-corrected chi connectivity index (χ2v) is 14.2. The molecule has 0 saturated carbocycles. The molecule has 254 valence electrons. The summed E-state index contributed by atoms with van der Waals surface area (Å²) < 4.78 is 42.2. The summed E-state index contributed by atoms with van der Waals surface area (Å²) in [6, 6.07) is 6.95. The van der Waals surface area contributed by atoms with E-state index in [1.54, 1.807) is 46.8 Å². The highest BCUT2D eigenvalue weighted by molar-refractivity contribution is 6.01. The quantitative estimate of drug-likeness (QED) is 0.197. The fraction of sp³-hybridized carbons (Fsp3) is 0.486. The molecule has 2 aliphatic rings. The van der Waals surface area contributed by atoms with Gasteiger partial charge in [0.25, 0.3) is 0 Å². The highest BCUT2D eigenvalue weighted by Crippen LogP contribution is 2.38. The Balaban J connectivity index is 1.23. The van der Waals surface area contributed by atoms with Gasteiger partial charge in [0.15, 0.2) is 5.82 Å². The van der Waals surface area contributed by atoms with E-state index >= 15 is 8.78 Å². The average molecular weight is 662 g/mol. The van der Waals surface area contributed by atoms with E-state index < -0.39 is 34.8 Å². The number of piperidine rings is 1. The van der Waals surface area contributed by atoms with E-state index in [9.17, 15) is 9.59 Å². The van der Waals surface area contributed by atoms with Gasteiger partial charge in [0, 0.05) is 43.6 Å². The number of halogens is 2. The van der Waals surface area contributed by atoms with Crippen LogP contribution in [0.5, 0.6) is 0 Å². The molecule has 0 unspecified atom stereocenters. The van der Waals surface area contributed by atoms with E-state index in [0.29, 0.717) is 47.3 Å². The van der Waals surface area contributed by atoms with Gasteiger partial charge in [0.2, 0.25) is 5.89 Å². The fourth-order valence-electron chi connectivity index (χ4n) is 6.27. The molecule has 13 heteroatoms. The number of carbonyl (C=O) groups excluding carboxylic acids is 2. The van der Waals surface area contributed by atoms with Crippen molar-refractivity contribution in [2.45, 2.75) is 84.3 Å². The number of hydrogen-bond acceptors (Lipinski definition) is 9. The molecule has 4 aromatic rings. The van der Waals surface area contributed by atoms with Crippen LogP contribution >= 0.6 is 0 Å². The second kappa shape index (κ2) is 12.4. The maximum atomic E-state index is 15.8. The Labute approximate surface area is 278 Å². The van der Waals surface area contributed by atoms with E-state index in [-0.39, 0.29) is 36.0 Å². The van der Waals surface area contributed by atoms with Gasteiger partial charge in [-0.05, 0) is 77.3 Å². The lowest BCUT2D eigenvalue weighted by Crippen LogP contribution is -2.54. The lowest BCUT2D eigenvalue weighted by atomic mass is 9.95. The van der Waals surface area contributed by atoms with E-state index in [0.717, 1.165) is 12.8 Å². The maximum absolute atomic E-state index is 15.8. The van der Waals surface area contributed by atoms with Crippen LogP contribution in [0.4, 0.5) is 25.1 Å². The summed E-state index contributed by atoms with van der Waals surface area (Å²) in [5.74, 6) is 0.419. The molecular formula is C35H41F2N7O4. The van der Waals surface area contributed by atoms with Crippen molar-refractivity contribution in [2.75, 3.05) is 36.0 Å². The third-order valence-corrected chi connectivity index (χ3v) is 8.96. The molecule has 11 nitrogen and oxygen atoms in total. The van der Waals surface area contributed by atoms with Gasteiger partial charge in [-0.15, -0.1) is 0 Å². The first-order chi connectivity index (χ1) is 22.7. The smallest absolute Gasteiger partial charge is 0.332 e. The monoisotopic (exact) mass is 661 g/mol. The van der Waals surface area contributed by atoms with Crippen molar-refractivity contribution in [1.82, 2.24) is 25.0 Å². The molecule has 4 heterocycles. The van der Waals surface area contributed by atoms with Gasteiger partial charge in [-0.2, -0.15) is 4.98 Å². The zero-order chi connectivity index (χ0) is 34.5. The van der Waals surface area contributed by atoms with E-state index in [1.165, 1.54) is 34.3 Å². The average Bonchev–Trinajstić information content (AvgIpc) is 3.68. The highest BCUT2D eigenvalue weighted by atomic mass is 19.1. The zero-order valence-corrected chi connectivity index (χ0v) is 28.4. The van der Waals surface area contributed by atoms with Crippen molar-refractivity contribution in [3.05, 3.63) is 60.0 Å². The molecule has 48 heavy (non-hydrogen) atoms. The lowest BCUT2D eigenvalue weighted by Gasteiger charge is -2.35. The Hall–Kier alpha value is -4.68. The van der Waals surface area contributed by atoms with Crippen LogP contribution in [0.25, 0.3) is 22.0 Å². The minimum atomic E-state index is -1.25. The van der Waals surface area contributed by atoms with Crippen molar-refractivity contribution in [1.29, 1.82) is 0 Å². The summed E-state index contributed by atoms with van der Waals surface area (Å²) in [6.07, 6.45) is 2.89. The number of urea groups is 1. The van der Waals surface area contributed by atoms with Crippen LogP contribution in [-0.2, 0) is 9.53 Å². The fourth-order valence-corrected chi connectivity index (χ4v) is 6.27. The summed E-state index contributed by atoms with van der Waals surface area (Å²) in [5, 5.41) is 4.44. The maximum Gasteiger partial charge on any atom is 0.332 e. The molecular weight excluding hydrogens is 620 g/mol. The summed E-state index contributed by atoms with van der Waals surface area (Å²) in [7, 11) is 0. The van der Waals surface area contributed by atoms with E-state index in [2.05, 4.69) is 20.1 Å². The number of nitrogens with zero attached hydrogens (tertiary/aromatic N) is 7. The number of amides is 2. The van der Waals surface area contributed by atoms with Crippen molar-refractivity contribution in [3.63, 3.8) is 0 Å².